The van der Waals surface area contributed by atoms with E-state index in [0.29, 0.717) is 0 Å². The van der Waals surface area contributed by atoms with Crippen LogP contribution in [-0.4, -0.2) is 31.2 Å². The monoisotopic (exact) mass is 310 g/mol. The van der Waals surface area contributed by atoms with Gasteiger partial charge in [0.15, 0.2) is 5.13 Å². The molecule has 1 saturated heterocycles. The van der Waals surface area contributed by atoms with Gasteiger partial charge in [0.1, 0.15) is 0 Å². The summed E-state index contributed by atoms with van der Waals surface area (Å²) in [6, 6.07) is 16.8. The van der Waals surface area contributed by atoms with E-state index in [2.05, 4.69) is 50.8 Å². The van der Waals surface area contributed by atoms with Crippen LogP contribution >= 0.6 is 11.3 Å². The zero-order valence-electron chi connectivity index (χ0n) is 12.2. The number of rotatable bonds is 3. The van der Waals surface area contributed by atoms with E-state index in [1.807, 2.05) is 18.2 Å². The quantitative estimate of drug-likeness (QED) is 0.777. The second kappa shape index (κ2) is 5.94. The molecule has 0 aliphatic carbocycles. The van der Waals surface area contributed by atoms with E-state index < -0.39 is 0 Å². The molecular weight excluding hydrogens is 292 g/mol. The fourth-order valence-corrected chi connectivity index (χ4v) is 3.61. The summed E-state index contributed by atoms with van der Waals surface area (Å²) in [6.07, 6.45) is 0. The maximum Gasteiger partial charge on any atom is 0.188 e. The highest BCUT2D eigenvalue weighted by molar-refractivity contribution is 7.22. The highest BCUT2D eigenvalue weighted by Crippen LogP contribution is 2.28. The number of hydrogen-bond donors (Lipinski definition) is 2. The molecule has 22 heavy (non-hydrogen) atoms. The standard InChI is InChI=1S/C17H18N4S/c1-2-4-16-15(3-1)20-17(22-16)19-13-5-7-14(8-6-13)21-11-9-18-10-12-21/h1-8,18H,9-12H2,(H,19,20). The van der Waals surface area contributed by atoms with Crippen molar-refractivity contribution >= 4 is 38.1 Å². The van der Waals surface area contributed by atoms with Gasteiger partial charge in [0, 0.05) is 37.6 Å². The lowest BCUT2D eigenvalue weighted by Crippen LogP contribution is -2.43. The summed E-state index contributed by atoms with van der Waals surface area (Å²) < 4.78 is 1.21. The first-order valence-electron chi connectivity index (χ1n) is 7.57. The topological polar surface area (TPSA) is 40.2 Å². The average Bonchev–Trinajstić information content (AvgIpc) is 2.98. The first-order chi connectivity index (χ1) is 10.9. The number of aromatic nitrogens is 1. The van der Waals surface area contributed by atoms with E-state index in [9.17, 15) is 0 Å². The summed E-state index contributed by atoms with van der Waals surface area (Å²) in [4.78, 5) is 7.02. The van der Waals surface area contributed by atoms with Gasteiger partial charge in [-0.3, -0.25) is 0 Å². The number of fused-ring (bicyclic) bond motifs is 1. The number of para-hydroxylation sites is 1. The third-order valence-corrected chi connectivity index (χ3v) is 4.85. The lowest BCUT2D eigenvalue weighted by Gasteiger charge is -2.29. The van der Waals surface area contributed by atoms with Crippen molar-refractivity contribution in [3.63, 3.8) is 0 Å². The van der Waals surface area contributed by atoms with Crippen molar-refractivity contribution in [1.29, 1.82) is 0 Å². The second-order valence-corrected chi connectivity index (χ2v) is 6.43. The Kier molecular flexibility index (Phi) is 3.66. The predicted octanol–water partition coefficient (Wildman–Crippen LogP) is 3.45. The Morgan fingerprint density at radius 3 is 2.55 bits per heavy atom. The lowest BCUT2D eigenvalue weighted by atomic mass is 10.2. The molecule has 1 aliphatic rings. The molecule has 1 aliphatic heterocycles. The van der Waals surface area contributed by atoms with Crippen LogP contribution in [0.2, 0.25) is 0 Å². The van der Waals surface area contributed by atoms with Crippen molar-refractivity contribution in [2.24, 2.45) is 0 Å². The van der Waals surface area contributed by atoms with Crippen LogP contribution in [0, 0.1) is 0 Å². The number of benzene rings is 2. The molecule has 2 N–H and O–H groups in total. The van der Waals surface area contributed by atoms with E-state index in [1.54, 1.807) is 11.3 Å². The SMILES string of the molecule is c1ccc2sc(Nc3ccc(N4CCNCC4)cc3)nc2c1. The molecule has 3 aromatic rings. The third kappa shape index (κ3) is 2.77. The number of piperazine rings is 1. The molecule has 0 spiro atoms. The normalized spacial score (nSPS) is 15.2. The van der Waals surface area contributed by atoms with Crippen molar-refractivity contribution in [1.82, 2.24) is 10.3 Å². The van der Waals surface area contributed by atoms with Crippen molar-refractivity contribution < 1.29 is 0 Å². The Morgan fingerprint density at radius 1 is 1.00 bits per heavy atom. The first kappa shape index (κ1) is 13.5. The molecule has 0 bridgehead atoms. The molecule has 4 nitrogen and oxygen atoms in total. The summed E-state index contributed by atoms with van der Waals surface area (Å²) in [5, 5.41) is 7.72. The van der Waals surface area contributed by atoms with Gasteiger partial charge in [0.05, 0.1) is 10.2 Å². The van der Waals surface area contributed by atoms with Gasteiger partial charge in [-0.1, -0.05) is 23.5 Å². The van der Waals surface area contributed by atoms with Gasteiger partial charge in [-0.05, 0) is 36.4 Å². The summed E-state index contributed by atoms with van der Waals surface area (Å²) in [7, 11) is 0. The van der Waals surface area contributed by atoms with Gasteiger partial charge in [0.25, 0.3) is 0 Å². The van der Waals surface area contributed by atoms with Crippen LogP contribution in [0.15, 0.2) is 48.5 Å². The van der Waals surface area contributed by atoms with Gasteiger partial charge in [-0.15, -0.1) is 0 Å². The summed E-state index contributed by atoms with van der Waals surface area (Å²) in [5.74, 6) is 0. The summed E-state index contributed by atoms with van der Waals surface area (Å²) >= 11 is 1.68. The zero-order chi connectivity index (χ0) is 14.8. The van der Waals surface area contributed by atoms with Crippen LogP contribution in [0.1, 0.15) is 0 Å². The Morgan fingerprint density at radius 2 is 1.77 bits per heavy atom. The molecule has 1 fully saturated rings. The molecule has 5 heteroatoms. The van der Waals surface area contributed by atoms with E-state index in [4.69, 9.17) is 0 Å². The van der Waals surface area contributed by atoms with Crippen molar-refractivity contribution in [2.45, 2.75) is 0 Å². The van der Waals surface area contributed by atoms with Crippen LogP contribution in [0.3, 0.4) is 0 Å². The van der Waals surface area contributed by atoms with Gasteiger partial charge < -0.3 is 15.5 Å². The second-order valence-electron chi connectivity index (χ2n) is 5.40. The van der Waals surface area contributed by atoms with Crippen molar-refractivity contribution in [2.75, 3.05) is 36.4 Å². The van der Waals surface area contributed by atoms with Crippen LogP contribution in [0.25, 0.3) is 10.2 Å². The highest BCUT2D eigenvalue weighted by atomic mass is 32.1. The molecule has 0 saturated carbocycles. The van der Waals surface area contributed by atoms with E-state index in [1.165, 1.54) is 10.4 Å². The maximum absolute atomic E-state index is 4.61. The Balaban J connectivity index is 1.50. The molecule has 0 amide bonds. The molecule has 2 heterocycles. The molecule has 1 aromatic heterocycles. The smallest absolute Gasteiger partial charge is 0.188 e. The molecule has 0 atom stereocenters. The third-order valence-electron chi connectivity index (χ3n) is 3.89. The fraction of sp³-hybridized carbons (Fsp3) is 0.235. The Labute approximate surface area is 133 Å². The molecule has 0 unspecified atom stereocenters. The Hall–Kier alpha value is -2.11. The van der Waals surface area contributed by atoms with Crippen LogP contribution in [0.5, 0.6) is 0 Å². The summed E-state index contributed by atoms with van der Waals surface area (Å²) in [6.45, 7) is 4.27. The number of thiazole rings is 1. The van der Waals surface area contributed by atoms with E-state index >= 15 is 0 Å². The molecule has 0 radical (unpaired) electrons. The number of hydrogen-bond acceptors (Lipinski definition) is 5. The zero-order valence-corrected chi connectivity index (χ0v) is 13.1. The van der Waals surface area contributed by atoms with Gasteiger partial charge in [0.2, 0.25) is 0 Å². The van der Waals surface area contributed by atoms with Gasteiger partial charge >= 0.3 is 0 Å². The lowest BCUT2D eigenvalue weighted by molar-refractivity contribution is 0.589. The summed E-state index contributed by atoms with van der Waals surface area (Å²) in [5.41, 5.74) is 3.42. The molecule has 2 aromatic carbocycles. The Bertz CT molecular complexity index is 727. The maximum atomic E-state index is 4.61. The van der Waals surface area contributed by atoms with Crippen molar-refractivity contribution in [3.8, 4) is 0 Å². The van der Waals surface area contributed by atoms with Crippen LogP contribution < -0.4 is 15.5 Å². The molecular formula is C17H18N4S. The minimum atomic E-state index is 0.941. The molecule has 4 rings (SSSR count). The van der Waals surface area contributed by atoms with Gasteiger partial charge in [-0.2, -0.15) is 0 Å². The largest absolute Gasteiger partial charge is 0.369 e. The number of nitrogens with zero attached hydrogens (tertiary/aromatic N) is 2. The molecule has 112 valence electrons. The van der Waals surface area contributed by atoms with E-state index in [-0.39, 0.29) is 0 Å². The number of nitrogens with one attached hydrogen (secondary N) is 2. The van der Waals surface area contributed by atoms with Crippen LogP contribution in [-0.2, 0) is 0 Å². The number of anilines is 3. The fourth-order valence-electron chi connectivity index (χ4n) is 2.73. The minimum absolute atomic E-state index is 0.941. The van der Waals surface area contributed by atoms with Crippen molar-refractivity contribution in [3.05, 3.63) is 48.5 Å². The average molecular weight is 310 g/mol. The highest BCUT2D eigenvalue weighted by Gasteiger charge is 2.10. The minimum Gasteiger partial charge on any atom is -0.369 e. The van der Waals surface area contributed by atoms with E-state index in [0.717, 1.165) is 42.5 Å². The predicted molar refractivity (Wildman–Crippen MR) is 94.4 cm³/mol. The first-order valence-corrected chi connectivity index (χ1v) is 8.38. The van der Waals surface area contributed by atoms with Crippen LogP contribution in [0.4, 0.5) is 16.5 Å². The van der Waals surface area contributed by atoms with Gasteiger partial charge in [-0.25, -0.2) is 4.98 Å².